The monoisotopic (exact) mass is 786 g/mol. The summed E-state index contributed by atoms with van der Waals surface area (Å²) < 4.78 is 23.3. The molecule has 57 heavy (non-hydrogen) atoms. The second-order valence-corrected chi connectivity index (χ2v) is 12.0. The maximum atomic E-state index is 13.6. The summed E-state index contributed by atoms with van der Waals surface area (Å²) in [4.78, 5) is 59.7. The first-order chi connectivity index (χ1) is 27.4. The number of fused-ring (bicyclic) bond motifs is 1. The van der Waals surface area contributed by atoms with E-state index in [4.69, 9.17) is 30.5 Å². The number of hydrazine groups is 1. The molecule has 0 spiro atoms. The lowest BCUT2D eigenvalue weighted by Crippen LogP contribution is -2.40. The number of hydrogen-bond donors (Lipinski definition) is 2. The van der Waals surface area contributed by atoms with Crippen molar-refractivity contribution in [2.24, 2.45) is 16.7 Å². The van der Waals surface area contributed by atoms with Crippen LogP contribution >= 0.6 is 0 Å². The Morgan fingerprint density at radius 2 is 1.63 bits per heavy atom. The Morgan fingerprint density at radius 3 is 2.37 bits per heavy atom. The van der Waals surface area contributed by atoms with Crippen molar-refractivity contribution in [1.29, 1.82) is 0 Å². The number of carbonyl (C=O) groups is 2. The molecule has 20 nitrogen and oxygen atoms in total. The normalized spacial score (nSPS) is 11.7. The summed E-state index contributed by atoms with van der Waals surface area (Å²) in [5.74, 6) is 5.56. The maximum absolute atomic E-state index is 13.6. The molecular formula is C37H38N8O12. The van der Waals surface area contributed by atoms with Crippen molar-refractivity contribution in [3.05, 3.63) is 133 Å². The SMILES string of the molecule is CCOc1nc2cccc(C(=O)Oc3cccc(CO[N+](=O)[O-])c3)c2n1Cc1ccc(-c2ccccc2/C(N)=N/N(N)C(C)OC(=O)OCCCO[N+](=O)[O-])cc1. The molecule has 0 bridgehead atoms. The minimum absolute atomic E-state index is 0.0280. The zero-order chi connectivity index (χ0) is 40.9. The molecule has 0 saturated heterocycles. The van der Waals surface area contributed by atoms with Crippen molar-refractivity contribution in [3.63, 3.8) is 0 Å². The Bertz CT molecular complexity index is 2250. The van der Waals surface area contributed by atoms with E-state index in [0.29, 0.717) is 34.8 Å². The van der Waals surface area contributed by atoms with Crippen LogP contribution in [0.4, 0.5) is 4.79 Å². The molecule has 1 heterocycles. The van der Waals surface area contributed by atoms with E-state index in [-0.39, 0.29) is 49.9 Å². The summed E-state index contributed by atoms with van der Waals surface area (Å²) >= 11 is 0. The van der Waals surface area contributed by atoms with Crippen molar-refractivity contribution in [3.8, 4) is 22.9 Å². The maximum Gasteiger partial charge on any atom is 0.510 e. The molecule has 20 heteroatoms. The minimum atomic E-state index is -1.09. The Balaban J connectivity index is 1.32. The van der Waals surface area contributed by atoms with Gasteiger partial charge in [0.25, 0.3) is 16.2 Å². The summed E-state index contributed by atoms with van der Waals surface area (Å²) in [6.45, 7) is 3.14. The molecule has 0 aliphatic heterocycles. The van der Waals surface area contributed by atoms with Crippen LogP contribution in [0.25, 0.3) is 22.2 Å². The molecule has 0 saturated carbocycles. The van der Waals surface area contributed by atoms with Gasteiger partial charge in [-0.1, -0.05) is 66.7 Å². The van der Waals surface area contributed by atoms with Crippen LogP contribution in [0, 0.1) is 20.2 Å². The van der Waals surface area contributed by atoms with E-state index in [1.165, 1.54) is 13.0 Å². The van der Waals surface area contributed by atoms with Crippen LogP contribution in [-0.4, -0.2) is 68.9 Å². The number of ether oxygens (including phenoxy) is 4. The highest BCUT2D eigenvalue weighted by molar-refractivity contribution is 6.04. The van der Waals surface area contributed by atoms with Gasteiger partial charge in [-0.2, -0.15) is 10.1 Å². The number of imidazole rings is 1. The molecule has 0 aliphatic carbocycles. The predicted octanol–water partition coefficient (Wildman–Crippen LogP) is 4.97. The number of nitrogens with two attached hydrogens (primary N) is 2. The van der Waals surface area contributed by atoms with Gasteiger partial charge in [0.2, 0.25) is 6.23 Å². The lowest BCUT2D eigenvalue weighted by atomic mass is 9.98. The highest BCUT2D eigenvalue weighted by atomic mass is 17.0. The van der Waals surface area contributed by atoms with Gasteiger partial charge >= 0.3 is 12.1 Å². The number of amidine groups is 1. The fourth-order valence-electron chi connectivity index (χ4n) is 5.47. The topological polar surface area (TPSA) is 261 Å². The largest absolute Gasteiger partial charge is 0.510 e. The molecule has 0 radical (unpaired) electrons. The van der Waals surface area contributed by atoms with E-state index >= 15 is 0 Å². The summed E-state index contributed by atoms with van der Waals surface area (Å²) in [6.07, 6.45) is -2.07. The molecular weight excluding hydrogens is 748 g/mol. The van der Waals surface area contributed by atoms with Gasteiger partial charge in [-0.25, -0.2) is 15.4 Å². The van der Waals surface area contributed by atoms with Gasteiger partial charge in [-0.15, -0.1) is 25.3 Å². The molecule has 4 aromatic carbocycles. The van der Waals surface area contributed by atoms with Crippen LogP contribution in [0.5, 0.6) is 11.8 Å². The van der Waals surface area contributed by atoms with Crippen molar-refractivity contribution in [1.82, 2.24) is 14.7 Å². The minimum Gasteiger partial charge on any atom is -0.465 e. The number of nitrogens with zero attached hydrogens (tertiary/aromatic N) is 6. The number of hydrazone groups is 1. The Kier molecular flexibility index (Phi) is 13.7. The molecule has 0 amide bonds. The Morgan fingerprint density at radius 1 is 0.912 bits per heavy atom. The molecule has 4 N–H and O–H groups in total. The molecule has 5 rings (SSSR count). The summed E-state index contributed by atoms with van der Waals surface area (Å²) in [7, 11) is 0. The number of carbonyl (C=O) groups excluding carboxylic acids is 2. The van der Waals surface area contributed by atoms with Gasteiger partial charge in [0.15, 0.2) is 5.84 Å². The second kappa shape index (κ2) is 19.2. The van der Waals surface area contributed by atoms with Gasteiger partial charge in [0.1, 0.15) is 12.4 Å². The third-order valence-electron chi connectivity index (χ3n) is 8.05. The van der Waals surface area contributed by atoms with Crippen LogP contribution in [0.1, 0.15) is 47.3 Å². The zero-order valence-electron chi connectivity index (χ0n) is 30.7. The average molecular weight is 787 g/mol. The fourth-order valence-corrected chi connectivity index (χ4v) is 5.47. The van der Waals surface area contributed by atoms with Crippen LogP contribution < -0.4 is 21.1 Å². The standard InChI is InChI=1S/C37H38N8O12/c1-3-52-36-40-32-14-7-13-31(35(46)57-28-10-6-9-26(21-28)23-55-45(50)51)33(32)42(36)22-25-15-17-27(18-16-25)29-11-4-5-12-30(29)34(38)41-43(39)24(2)56-37(47)53-19-8-20-54-44(48)49/h4-7,9-18,21,24H,3,8,19-20,22-23,39H2,1-2H3,(H2,38,41). The van der Waals surface area contributed by atoms with Crippen molar-refractivity contribution < 1.29 is 48.4 Å². The Labute approximate surface area is 324 Å². The van der Waals surface area contributed by atoms with E-state index in [0.717, 1.165) is 21.8 Å². The number of esters is 1. The molecule has 1 atom stereocenters. The zero-order valence-corrected chi connectivity index (χ0v) is 30.7. The molecule has 1 aromatic heterocycles. The van der Waals surface area contributed by atoms with Crippen LogP contribution in [0.2, 0.25) is 0 Å². The lowest BCUT2D eigenvalue weighted by Gasteiger charge is -2.21. The highest BCUT2D eigenvalue weighted by Crippen LogP contribution is 2.29. The first-order valence-corrected chi connectivity index (χ1v) is 17.3. The van der Waals surface area contributed by atoms with Crippen LogP contribution in [-0.2, 0) is 32.3 Å². The number of benzene rings is 4. The predicted molar refractivity (Wildman–Crippen MR) is 201 cm³/mol. The van der Waals surface area contributed by atoms with Crippen LogP contribution in [0.3, 0.4) is 0 Å². The average Bonchev–Trinajstić information content (AvgIpc) is 3.53. The molecule has 298 valence electrons. The number of hydrogen-bond acceptors (Lipinski definition) is 16. The molecule has 1 unspecified atom stereocenters. The van der Waals surface area contributed by atoms with Crippen molar-refractivity contribution in [2.45, 2.75) is 39.6 Å². The molecule has 0 fully saturated rings. The smallest absolute Gasteiger partial charge is 0.465 e. The van der Waals surface area contributed by atoms with Crippen LogP contribution in [0.15, 0.2) is 96.1 Å². The van der Waals surface area contributed by atoms with Gasteiger partial charge < -0.3 is 34.4 Å². The Hall–Kier alpha value is -7.48. The van der Waals surface area contributed by atoms with E-state index in [2.05, 4.69) is 19.8 Å². The van der Waals surface area contributed by atoms with E-state index in [1.54, 1.807) is 53.1 Å². The summed E-state index contributed by atoms with van der Waals surface area (Å²) in [6, 6.07) is 26.4. The van der Waals surface area contributed by atoms with Gasteiger partial charge in [0.05, 0.1) is 43.0 Å². The van der Waals surface area contributed by atoms with E-state index in [1.807, 2.05) is 43.3 Å². The first-order valence-electron chi connectivity index (χ1n) is 17.3. The highest BCUT2D eigenvalue weighted by Gasteiger charge is 2.22. The summed E-state index contributed by atoms with van der Waals surface area (Å²) in [5.41, 5.74) is 10.9. The second-order valence-electron chi connectivity index (χ2n) is 12.0. The summed E-state index contributed by atoms with van der Waals surface area (Å²) in [5, 5.41) is 24.0. The lowest BCUT2D eigenvalue weighted by molar-refractivity contribution is -0.763. The van der Waals surface area contributed by atoms with E-state index in [9.17, 15) is 29.8 Å². The van der Waals surface area contributed by atoms with Crippen molar-refractivity contribution >= 4 is 29.0 Å². The number of rotatable bonds is 19. The third-order valence-corrected chi connectivity index (χ3v) is 8.05. The van der Waals surface area contributed by atoms with Crippen molar-refractivity contribution in [2.75, 3.05) is 19.8 Å². The van der Waals surface area contributed by atoms with Gasteiger partial charge in [-0.3, -0.25) is 4.57 Å². The fraction of sp³-hybridized carbons (Fsp3) is 0.243. The van der Waals surface area contributed by atoms with Gasteiger partial charge in [0, 0.05) is 12.0 Å². The molecule has 0 aliphatic rings. The van der Waals surface area contributed by atoms with Gasteiger partial charge in [-0.05, 0) is 60.4 Å². The molecule has 5 aromatic rings. The third kappa shape index (κ3) is 11.0. The quantitative estimate of drug-likeness (QED) is 0.0129. The van der Waals surface area contributed by atoms with E-state index < -0.39 is 28.5 Å². The number of para-hydroxylation sites is 1. The first kappa shape index (κ1) is 40.7. The number of aromatic nitrogens is 2.